The molecule has 0 unspecified atom stereocenters. The lowest BCUT2D eigenvalue weighted by Crippen LogP contribution is -2.60. The summed E-state index contributed by atoms with van der Waals surface area (Å²) in [6.07, 6.45) is 0. The van der Waals surface area contributed by atoms with E-state index >= 15 is 0 Å². The van der Waals surface area contributed by atoms with E-state index in [4.69, 9.17) is 0 Å². The van der Waals surface area contributed by atoms with Crippen molar-refractivity contribution >= 4 is 68.0 Å². The second-order valence-corrected chi connectivity index (χ2v) is 21.3. The molecule has 71 heavy (non-hydrogen) atoms. The van der Waals surface area contributed by atoms with Gasteiger partial charge in [-0.3, -0.25) is 0 Å². The fraction of sp³-hybridized carbons (Fsp3) is 0.104. The van der Waals surface area contributed by atoms with Crippen molar-refractivity contribution in [1.82, 2.24) is 4.57 Å². The lowest BCUT2D eigenvalue weighted by Gasteiger charge is -2.43. The van der Waals surface area contributed by atoms with E-state index in [2.05, 4.69) is 273 Å². The third-order valence-electron chi connectivity index (χ3n) is 15.9. The minimum Gasteiger partial charge on any atom is -0.376 e. The minimum absolute atomic E-state index is 0.0102. The standard InChI is InChI=1S/C67H52BN3/c1-66(2,3)44-33-35-47(36-34-44)71-61-38-37-48(69(45-23-11-7-12-24-45)46-25-13-8-14-26-46)39-54(61)56-40-55(50-28-16-15-27-49(50)43-21-9-6-10-22-43)63-52-30-18-20-32-60(52)70-62-41-53-51-29-17-19-31-57(51)67(4,5)58(53)42-59(62)68(71)64(56)65(63)70/h6-42H,1-5H3. The number of fused-ring (bicyclic) bond motifs is 11. The number of rotatable bonds is 6. The van der Waals surface area contributed by atoms with Gasteiger partial charge in [0.2, 0.25) is 0 Å². The zero-order chi connectivity index (χ0) is 47.8. The van der Waals surface area contributed by atoms with Crippen LogP contribution in [0.2, 0.25) is 0 Å². The summed E-state index contributed by atoms with van der Waals surface area (Å²) in [7, 11) is 0. The predicted octanol–water partition coefficient (Wildman–Crippen LogP) is 16.4. The normalized spacial score (nSPS) is 13.8. The molecule has 11 aromatic rings. The Bertz CT molecular complexity index is 3900. The van der Waals surface area contributed by atoms with Crippen LogP contribution in [-0.4, -0.2) is 11.4 Å². The van der Waals surface area contributed by atoms with E-state index in [1.54, 1.807) is 0 Å². The first-order valence-corrected chi connectivity index (χ1v) is 25.1. The van der Waals surface area contributed by atoms with Crippen LogP contribution in [0.25, 0.3) is 72.0 Å². The molecule has 0 amide bonds. The predicted molar refractivity (Wildman–Crippen MR) is 302 cm³/mol. The van der Waals surface area contributed by atoms with Gasteiger partial charge >= 0.3 is 6.85 Å². The Morgan fingerprint density at radius 2 is 1.07 bits per heavy atom. The van der Waals surface area contributed by atoms with Gasteiger partial charge in [0.1, 0.15) is 0 Å². The molecule has 0 fully saturated rings. The molecule has 0 spiro atoms. The van der Waals surface area contributed by atoms with E-state index < -0.39 is 0 Å². The summed E-state index contributed by atoms with van der Waals surface area (Å²) in [5.74, 6) is 0. The smallest absolute Gasteiger partial charge is 0.333 e. The largest absolute Gasteiger partial charge is 0.376 e. The van der Waals surface area contributed by atoms with E-state index in [1.165, 1.54) is 111 Å². The molecule has 14 rings (SSSR count). The second-order valence-electron chi connectivity index (χ2n) is 21.3. The highest BCUT2D eigenvalue weighted by Crippen LogP contribution is 2.54. The molecule has 0 saturated heterocycles. The fourth-order valence-corrected chi connectivity index (χ4v) is 12.6. The molecule has 3 heterocycles. The molecular weight excluding hydrogens is 858 g/mol. The van der Waals surface area contributed by atoms with Crippen LogP contribution >= 0.6 is 0 Å². The monoisotopic (exact) mass is 909 g/mol. The minimum atomic E-state index is -0.178. The Morgan fingerprint density at radius 1 is 0.451 bits per heavy atom. The lowest BCUT2D eigenvalue weighted by atomic mass is 9.43. The van der Waals surface area contributed by atoms with Gasteiger partial charge in [-0.25, -0.2) is 0 Å². The summed E-state index contributed by atoms with van der Waals surface area (Å²) in [6, 6.07) is 84.2. The first-order valence-electron chi connectivity index (χ1n) is 25.1. The number of nitrogens with zero attached hydrogens (tertiary/aromatic N) is 3. The van der Waals surface area contributed by atoms with Crippen molar-refractivity contribution in [2.75, 3.05) is 9.71 Å². The van der Waals surface area contributed by atoms with Crippen LogP contribution in [0.1, 0.15) is 51.3 Å². The van der Waals surface area contributed by atoms with Crippen molar-refractivity contribution < 1.29 is 0 Å². The summed E-state index contributed by atoms with van der Waals surface area (Å²) >= 11 is 0. The molecule has 2 aliphatic heterocycles. The van der Waals surface area contributed by atoms with Gasteiger partial charge in [0.15, 0.2) is 0 Å². The third-order valence-corrected chi connectivity index (χ3v) is 15.9. The molecule has 1 aromatic heterocycles. The maximum atomic E-state index is 2.68. The van der Waals surface area contributed by atoms with Crippen LogP contribution in [-0.2, 0) is 10.8 Å². The van der Waals surface area contributed by atoms with E-state index in [0.29, 0.717) is 0 Å². The third kappa shape index (κ3) is 6.10. The highest BCUT2D eigenvalue weighted by molar-refractivity contribution is 6.93. The Kier molecular flexibility index (Phi) is 8.99. The van der Waals surface area contributed by atoms with Crippen LogP contribution in [0.4, 0.5) is 28.4 Å². The van der Waals surface area contributed by atoms with E-state index in [-0.39, 0.29) is 17.7 Å². The van der Waals surface area contributed by atoms with Crippen LogP contribution in [0, 0.1) is 0 Å². The van der Waals surface area contributed by atoms with Crippen molar-refractivity contribution in [1.29, 1.82) is 0 Å². The number of anilines is 5. The zero-order valence-electron chi connectivity index (χ0n) is 40.8. The topological polar surface area (TPSA) is 11.4 Å². The first-order chi connectivity index (χ1) is 34.6. The van der Waals surface area contributed by atoms with Gasteiger partial charge in [0.05, 0.1) is 11.0 Å². The van der Waals surface area contributed by atoms with Gasteiger partial charge in [0, 0.05) is 55.9 Å². The highest BCUT2D eigenvalue weighted by atomic mass is 15.1. The molecule has 0 radical (unpaired) electrons. The highest BCUT2D eigenvalue weighted by Gasteiger charge is 2.47. The number of aromatic nitrogens is 1. The van der Waals surface area contributed by atoms with E-state index in [1.807, 2.05) is 0 Å². The number of hydrogen-bond donors (Lipinski definition) is 0. The molecule has 1 aliphatic carbocycles. The van der Waals surface area contributed by atoms with Gasteiger partial charge in [-0.1, -0.05) is 186 Å². The fourth-order valence-electron chi connectivity index (χ4n) is 12.6. The van der Waals surface area contributed by atoms with Crippen molar-refractivity contribution in [2.24, 2.45) is 0 Å². The lowest BCUT2D eigenvalue weighted by molar-refractivity contribution is 0.590. The van der Waals surface area contributed by atoms with Crippen LogP contribution in [0.3, 0.4) is 0 Å². The van der Waals surface area contributed by atoms with E-state index in [0.717, 1.165) is 17.1 Å². The molecule has 10 aromatic carbocycles. The molecule has 0 N–H and O–H groups in total. The van der Waals surface area contributed by atoms with Gasteiger partial charge in [-0.2, -0.15) is 0 Å². The Balaban J connectivity index is 1.15. The molecule has 3 aliphatic rings. The van der Waals surface area contributed by atoms with Crippen LogP contribution < -0.4 is 20.6 Å². The van der Waals surface area contributed by atoms with E-state index in [9.17, 15) is 0 Å². The summed E-state index contributed by atoms with van der Waals surface area (Å²) in [6.45, 7) is 11.6. The molecule has 0 saturated carbocycles. The van der Waals surface area contributed by atoms with Crippen molar-refractivity contribution in [3.05, 3.63) is 241 Å². The molecule has 0 atom stereocenters. The summed E-state index contributed by atoms with van der Waals surface area (Å²) in [5.41, 5.74) is 26.1. The molecular formula is C67H52BN3. The Hall–Kier alpha value is -8.34. The molecule has 3 nitrogen and oxygen atoms in total. The van der Waals surface area contributed by atoms with Crippen molar-refractivity contribution in [2.45, 2.75) is 45.4 Å². The summed E-state index contributed by atoms with van der Waals surface area (Å²) in [5, 5.41) is 2.55. The number of para-hydroxylation sites is 3. The zero-order valence-corrected chi connectivity index (χ0v) is 40.8. The van der Waals surface area contributed by atoms with Crippen LogP contribution in [0.5, 0.6) is 0 Å². The average Bonchev–Trinajstić information content (AvgIpc) is 3.89. The van der Waals surface area contributed by atoms with Gasteiger partial charge in [-0.05, 0) is 145 Å². The summed E-state index contributed by atoms with van der Waals surface area (Å²) in [4.78, 5) is 5.08. The number of hydrogen-bond acceptors (Lipinski definition) is 2. The number of benzene rings is 10. The molecule has 338 valence electrons. The SMILES string of the molecule is CC(C)(C)c1ccc(N2B3c4cc5c(cc4-n4c6ccccc6c6c(-c7ccccc7-c7ccccc7)cc(c3c64)-c3cc(N(c4ccccc4)c4ccccc4)ccc32)-c2ccccc2C5(C)C)cc1. The van der Waals surface area contributed by atoms with Crippen LogP contribution in [0.15, 0.2) is 224 Å². The molecule has 0 bridgehead atoms. The Morgan fingerprint density at radius 3 is 1.77 bits per heavy atom. The maximum absolute atomic E-state index is 2.68. The van der Waals surface area contributed by atoms with Crippen molar-refractivity contribution in [3.63, 3.8) is 0 Å². The van der Waals surface area contributed by atoms with Gasteiger partial charge < -0.3 is 14.3 Å². The quantitative estimate of drug-likeness (QED) is 0.154. The Labute approximate surface area is 417 Å². The van der Waals surface area contributed by atoms with Gasteiger partial charge in [0.25, 0.3) is 0 Å². The second kappa shape index (κ2) is 15.3. The van der Waals surface area contributed by atoms with Gasteiger partial charge in [-0.15, -0.1) is 0 Å². The molecule has 4 heteroatoms. The maximum Gasteiger partial charge on any atom is 0.333 e. The first kappa shape index (κ1) is 41.6. The summed E-state index contributed by atoms with van der Waals surface area (Å²) < 4.78 is 2.65. The average molecular weight is 910 g/mol. The van der Waals surface area contributed by atoms with Crippen molar-refractivity contribution in [3.8, 4) is 50.2 Å².